The van der Waals surface area contributed by atoms with E-state index in [9.17, 15) is 0 Å². The molecule has 0 radical (unpaired) electrons. The molecule has 1 nitrogen and oxygen atoms in total. The van der Waals surface area contributed by atoms with Crippen LogP contribution in [-0.2, 0) is 6.61 Å². The summed E-state index contributed by atoms with van der Waals surface area (Å²) < 4.78 is 5.79. The molecule has 0 saturated heterocycles. The average Bonchev–Trinajstić information content (AvgIpc) is 2.61. The Morgan fingerprint density at radius 1 is 0.682 bits per heavy atom. The van der Waals surface area contributed by atoms with Gasteiger partial charge < -0.3 is 4.74 Å². The van der Waals surface area contributed by atoms with Gasteiger partial charge in [-0.05, 0) is 28.8 Å². The fraction of sp³-hybridized carbons (Fsp3) is 0.100. The third kappa shape index (κ3) is 3.69. The highest BCUT2D eigenvalue weighted by Gasteiger charge is 2.10. The third-order valence-electron chi connectivity index (χ3n) is 3.51. The highest BCUT2D eigenvalue weighted by Crippen LogP contribution is 2.29. The van der Waals surface area contributed by atoms with E-state index < -0.39 is 0 Å². The van der Waals surface area contributed by atoms with Crippen LogP contribution in [0.3, 0.4) is 0 Å². The Morgan fingerprint density at radius 2 is 1.23 bits per heavy atom. The topological polar surface area (TPSA) is 9.23 Å². The predicted octanol–water partition coefficient (Wildman–Crippen LogP) is 5.59. The zero-order valence-electron chi connectivity index (χ0n) is 12.2. The van der Waals surface area contributed by atoms with Crippen LogP contribution in [0.15, 0.2) is 84.9 Å². The first-order chi connectivity index (χ1) is 10.8. The van der Waals surface area contributed by atoms with Crippen LogP contribution in [0.2, 0.25) is 0 Å². The molecule has 0 N–H and O–H groups in total. The van der Waals surface area contributed by atoms with E-state index in [4.69, 9.17) is 16.3 Å². The van der Waals surface area contributed by atoms with E-state index in [1.807, 2.05) is 72.8 Å². The van der Waals surface area contributed by atoms with Gasteiger partial charge in [-0.2, -0.15) is 0 Å². The molecule has 1 atom stereocenters. The largest absolute Gasteiger partial charge is 0.489 e. The molecular formula is C20H17ClO. The number of hydrogen-bond donors (Lipinski definition) is 0. The van der Waals surface area contributed by atoms with Crippen LogP contribution in [0.4, 0.5) is 0 Å². The maximum atomic E-state index is 6.52. The van der Waals surface area contributed by atoms with Gasteiger partial charge in [0.2, 0.25) is 0 Å². The van der Waals surface area contributed by atoms with Crippen molar-refractivity contribution in [3.05, 3.63) is 102 Å². The van der Waals surface area contributed by atoms with Crippen molar-refractivity contribution < 1.29 is 4.74 Å². The lowest BCUT2D eigenvalue weighted by atomic mass is 10.0. The third-order valence-corrected chi connectivity index (χ3v) is 4.02. The Kier molecular flexibility index (Phi) is 4.77. The van der Waals surface area contributed by atoms with Crippen molar-refractivity contribution in [1.82, 2.24) is 0 Å². The zero-order chi connectivity index (χ0) is 15.2. The van der Waals surface area contributed by atoms with Crippen LogP contribution in [0, 0.1) is 0 Å². The van der Waals surface area contributed by atoms with Crippen molar-refractivity contribution in [2.75, 3.05) is 0 Å². The first kappa shape index (κ1) is 14.7. The normalized spacial score (nSPS) is 11.9. The quantitative estimate of drug-likeness (QED) is 0.558. The van der Waals surface area contributed by atoms with E-state index in [0.29, 0.717) is 6.61 Å². The van der Waals surface area contributed by atoms with Crippen molar-refractivity contribution in [3.8, 4) is 5.75 Å². The molecule has 0 aliphatic rings. The average molecular weight is 309 g/mol. The fourth-order valence-electron chi connectivity index (χ4n) is 2.29. The van der Waals surface area contributed by atoms with Gasteiger partial charge in [0.25, 0.3) is 0 Å². The summed E-state index contributed by atoms with van der Waals surface area (Å²) in [6.07, 6.45) is 0. The van der Waals surface area contributed by atoms with Gasteiger partial charge in [0.1, 0.15) is 12.4 Å². The highest BCUT2D eigenvalue weighted by atomic mass is 35.5. The van der Waals surface area contributed by atoms with Crippen LogP contribution in [0.25, 0.3) is 0 Å². The summed E-state index contributed by atoms with van der Waals surface area (Å²) in [5.74, 6) is 0.851. The number of benzene rings is 3. The smallest absolute Gasteiger partial charge is 0.119 e. The molecule has 0 fully saturated rings. The number of ether oxygens (including phenoxy) is 1. The monoisotopic (exact) mass is 308 g/mol. The van der Waals surface area contributed by atoms with Gasteiger partial charge in [-0.1, -0.05) is 72.8 Å². The molecule has 3 aromatic rings. The van der Waals surface area contributed by atoms with Crippen molar-refractivity contribution in [1.29, 1.82) is 0 Å². The summed E-state index contributed by atoms with van der Waals surface area (Å²) in [4.78, 5) is 0. The molecule has 3 rings (SSSR count). The lowest BCUT2D eigenvalue weighted by Crippen LogP contribution is -1.96. The molecule has 0 amide bonds. The standard InChI is InChI=1S/C20H17ClO/c21-20(17-9-5-2-6-10-17)18-11-13-19(14-12-18)22-15-16-7-3-1-4-8-16/h1-14,20H,15H2/t20-/m0/s1. The van der Waals surface area contributed by atoms with Crippen molar-refractivity contribution in [3.63, 3.8) is 0 Å². The molecule has 0 aromatic heterocycles. The van der Waals surface area contributed by atoms with Crippen LogP contribution in [0.1, 0.15) is 22.1 Å². The molecule has 110 valence electrons. The molecule has 0 saturated carbocycles. The summed E-state index contributed by atoms with van der Waals surface area (Å²) in [6, 6.07) is 28.2. The second kappa shape index (κ2) is 7.15. The molecular weight excluding hydrogens is 292 g/mol. The van der Waals surface area contributed by atoms with E-state index in [1.165, 1.54) is 0 Å². The second-order valence-corrected chi connectivity index (χ2v) is 5.55. The van der Waals surface area contributed by atoms with Gasteiger partial charge in [-0.3, -0.25) is 0 Å². The molecule has 0 spiro atoms. The second-order valence-electron chi connectivity index (χ2n) is 5.12. The van der Waals surface area contributed by atoms with Crippen LogP contribution < -0.4 is 4.74 Å². The first-order valence-electron chi connectivity index (χ1n) is 7.28. The molecule has 0 aliphatic heterocycles. The van der Waals surface area contributed by atoms with Gasteiger partial charge in [0.15, 0.2) is 0 Å². The maximum Gasteiger partial charge on any atom is 0.119 e. The number of hydrogen-bond acceptors (Lipinski definition) is 1. The molecule has 22 heavy (non-hydrogen) atoms. The van der Waals surface area contributed by atoms with Crippen molar-refractivity contribution in [2.24, 2.45) is 0 Å². The summed E-state index contributed by atoms with van der Waals surface area (Å²) in [5, 5.41) is -0.135. The Labute approximate surface area is 136 Å². The van der Waals surface area contributed by atoms with Crippen LogP contribution >= 0.6 is 11.6 Å². The Hall–Kier alpha value is -2.25. The lowest BCUT2D eigenvalue weighted by molar-refractivity contribution is 0.306. The first-order valence-corrected chi connectivity index (χ1v) is 7.72. The number of rotatable bonds is 5. The van der Waals surface area contributed by atoms with Gasteiger partial charge >= 0.3 is 0 Å². The van der Waals surface area contributed by atoms with Crippen LogP contribution in [-0.4, -0.2) is 0 Å². The van der Waals surface area contributed by atoms with Crippen molar-refractivity contribution >= 4 is 11.6 Å². The van der Waals surface area contributed by atoms with E-state index in [0.717, 1.165) is 22.4 Å². The maximum absolute atomic E-state index is 6.52. The minimum absolute atomic E-state index is 0.135. The SMILES string of the molecule is Cl[C@@H](c1ccccc1)c1ccc(OCc2ccccc2)cc1. The summed E-state index contributed by atoms with van der Waals surface area (Å²) in [5.41, 5.74) is 3.33. The Bertz CT molecular complexity index is 693. The predicted molar refractivity (Wildman–Crippen MR) is 91.4 cm³/mol. The van der Waals surface area contributed by atoms with Crippen molar-refractivity contribution in [2.45, 2.75) is 12.0 Å². The van der Waals surface area contributed by atoms with E-state index in [-0.39, 0.29) is 5.38 Å². The molecule has 2 heteroatoms. The fourth-order valence-corrected chi connectivity index (χ4v) is 2.58. The van der Waals surface area contributed by atoms with E-state index in [1.54, 1.807) is 0 Å². The number of alkyl halides is 1. The van der Waals surface area contributed by atoms with E-state index in [2.05, 4.69) is 12.1 Å². The molecule has 0 bridgehead atoms. The summed E-state index contributed by atoms with van der Waals surface area (Å²) in [6.45, 7) is 0.573. The number of halogens is 1. The van der Waals surface area contributed by atoms with Gasteiger partial charge in [-0.15, -0.1) is 11.6 Å². The molecule has 0 unspecified atom stereocenters. The zero-order valence-corrected chi connectivity index (χ0v) is 12.9. The molecule has 0 heterocycles. The summed E-state index contributed by atoms with van der Waals surface area (Å²) in [7, 11) is 0. The van der Waals surface area contributed by atoms with Gasteiger partial charge in [0, 0.05) is 0 Å². The highest BCUT2D eigenvalue weighted by molar-refractivity contribution is 6.22. The molecule has 3 aromatic carbocycles. The van der Waals surface area contributed by atoms with E-state index >= 15 is 0 Å². The van der Waals surface area contributed by atoms with Gasteiger partial charge in [-0.25, -0.2) is 0 Å². The minimum Gasteiger partial charge on any atom is -0.489 e. The Morgan fingerprint density at radius 3 is 1.86 bits per heavy atom. The molecule has 0 aliphatic carbocycles. The van der Waals surface area contributed by atoms with Gasteiger partial charge in [0.05, 0.1) is 5.38 Å². The lowest BCUT2D eigenvalue weighted by Gasteiger charge is -2.11. The summed E-state index contributed by atoms with van der Waals surface area (Å²) >= 11 is 6.52. The minimum atomic E-state index is -0.135. The van der Waals surface area contributed by atoms with Crippen LogP contribution in [0.5, 0.6) is 5.75 Å². The Balaban J connectivity index is 1.65.